The average Bonchev–Trinajstić information content (AvgIpc) is 2.08. The molecule has 1 N–H and O–H groups in total. The Morgan fingerprint density at radius 2 is 2.08 bits per heavy atom. The summed E-state index contributed by atoms with van der Waals surface area (Å²) in [6.07, 6.45) is 2.60. The van der Waals surface area contributed by atoms with Crippen LogP contribution in [0.1, 0.15) is 40.5 Å². The molecule has 0 aromatic carbocycles. The second kappa shape index (κ2) is 4.43. The van der Waals surface area contributed by atoms with E-state index in [0.29, 0.717) is 5.54 Å². The highest BCUT2D eigenvalue weighted by Gasteiger charge is 2.31. The van der Waals surface area contributed by atoms with E-state index in [9.17, 15) is 0 Å². The van der Waals surface area contributed by atoms with Crippen LogP contribution in [0.5, 0.6) is 0 Å². The van der Waals surface area contributed by atoms with Crippen molar-refractivity contribution in [2.75, 3.05) is 19.6 Å². The van der Waals surface area contributed by atoms with Crippen LogP contribution in [0.4, 0.5) is 0 Å². The van der Waals surface area contributed by atoms with Gasteiger partial charge in [-0.2, -0.15) is 0 Å². The Morgan fingerprint density at radius 3 is 2.62 bits per heavy atom. The number of piperazine rings is 1. The van der Waals surface area contributed by atoms with E-state index in [2.05, 4.69) is 37.9 Å². The zero-order valence-electron chi connectivity index (χ0n) is 9.56. The highest BCUT2D eigenvalue weighted by molar-refractivity contribution is 4.91. The minimum absolute atomic E-state index is 0.346. The largest absolute Gasteiger partial charge is 0.311 e. The molecule has 78 valence electrons. The second-order valence-corrected chi connectivity index (χ2v) is 4.72. The van der Waals surface area contributed by atoms with Crippen molar-refractivity contribution in [3.05, 3.63) is 0 Å². The Morgan fingerprint density at radius 1 is 1.38 bits per heavy atom. The van der Waals surface area contributed by atoms with Crippen molar-refractivity contribution in [1.29, 1.82) is 0 Å². The molecular formula is C11H24N2. The molecule has 0 aromatic rings. The van der Waals surface area contributed by atoms with Crippen LogP contribution < -0.4 is 5.32 Å². The molecule has 1 unspecified atom stereocenters. The molecule has 1 atom stereocenters. The fraction of sp³-hybridized carbons (Fsp3) is 1.00. The maximum absolute atomic E-state index is 3.63. The van der Waals surface area contributed by atoms with Gasteiger partial charge in [-0.05, 0) is 26.8 Å². The lowest BCUT2D eigenvalue weighted by atomic mass is 9.96. The monoisotopic (exact) mass is 184 g/mol. The summed E-state index contributed by atoms with van der Waals surface area (Å²) in [5, 5.41) is 3.63. The van der Waals surface area contributed by atoms with Crippen LogP contribution >= 0.6 is 0 Å². The highest BCUT2D eigenvalue weighted by atomic mass is 15.3. The van der Waals surface area contributed by atoms with Gasteiger partial charge in [0.15, 0.2) is 0 Å². The highest BCUT2D eigenvalue weighted by Crippen LogP contribution is 2.19. The fourth-order valence-corrected chi connectivity index (χ4v) is 2.18. The van der Waals surface area contributed by atoms with E-state index in [1.807, 2.05) is 0 Å². The molecule has 0 aromatic heterocycles. The summed E-state index contributed by atoms with van der Waals surface area (Å²) < 4.78 is 0. The van der Waals surface area contributed by atoms with Gasteiger partial charge in [-0.15, -0.1) is 0 Å². The van der Waals surface area contributed by atoms with E-state index >= 15 is 0 Å². The molecule has 0 radical (unpaired) electrons. The normalized spacial score (nSPS) is 29.1. The summed E-state index contributed by atoms with van der Waals surface area (Å²) in [5.74, 6) is 0. The molecule has 2 heteroatoms. The average molecular weight is 184 g/mol. The van der Waals surface area contributed by atoms with Gasteiger partial charge < -0.3 is 5.32 Å². The van der Waals surface area contributed by atoms with Crippen molar-refractivity contribution < 1.29 is 0 Å². The van der Waals surface area contributed by atoms with Gasteiger partial charge in [-0.25, -0.2) is 0 Å². The van der Waals surface area contributed by atoms with E-state index in [0.717, 1.165) is 12.6 Å². The standard InChI is InChI=1S/C11H24N2/c1-5-7-10-8-13(6-2)11(3,4)9-12-10/h10,12H,5-9H2,1-4H3. The zero-order chi connectivity index (χ0) is 9.90. The van der Waals surface area contributed by atoms with Gasteiger partial charge in [-0.3, -0.25) is 4.90 Å². The number of nitrogens with zero attached hydrogens (tertiary/aromatic N) is 1. The molecule has 13 heavy (non-hydrogen) atoms. The molecule has 1 saturated heterocycles. The van der Waals surface area contributed by atoms with Gasteiger partial charge in [0.05, 0.1) is 0 Å². The van der Waals surface area contributed by atoms with Crippen LogP contribution in [0.25, 0.3) is 0 Å². The Hall–Kier alpha value is -0.0800. The van der Waals surface area contributed by atoms with E-state index in [1.165, 1.54) is 25.9 Å². The van der Waals surface area contributed by atoms with Crippen LogP contribution in [0.15, 0.2) is 0 Å². The minimum Gasteiger partial charge on any atom is -0.311 e. The SMILES string of the molecule is CCCC1CN(CC)C(C)(C)CN1. The van der Waals surface area contributed by atoms with Gasteiger partial charge in [0.2, 0.25) is 0 Å². The van der Waals surface area contributed by atoms with Gasteiger partial charge in [0.1, 0.15) is 0 Å². The Balaban J connectivity index is 2.48. The summed E-state index contributed by atoms with van der Waals surface area (Å²) in [6, 6.07) is 0.720. The third-order valence-electron chi connectivity index (χ3n) is 3.14. The molecule has 0 amide bonds. The van der Waals surface area contributed by atoms with E-state index in [1.54, 1.807) is 0 Å². The van der Waals surface area contributed by atoms with Crippen molar-refractivity contribution in [3.8, 4) is 0 Å². The zero-order valence-corrected chi connectivity index (χ0v) is 9.56. The first kappa shape index (κ1) is 11.0. The Kier molecular flexibility index (Phi) is 3.74. The first-order chi connectivity index (χ1) is 6.10. The summed E-state index contributed by atoms with van der Waals surface area (Å²) >= 11 is 0. The lowest BCUT2D eigenvalue weighted by Gasteiger charge is -2.45. The quantitative estimate of drug-likeness (QED) is 0.720. The predicted octanol–water partition coefficient (Wildman–Crippen LogP) is 1.86. The molecule has 1 rings (SSSR count). The third kappa shape index (κ3) is 2.68. The van der Waals surface area contributed by atoms with Crippen molar-refractivity contribution in [2.45, 2.75) is 52.1 Å². The molecule has 1 heterocycles. The summed E-state index contributed by atoms with van der Waals surface area (Å²) in [7, 11) is 0. The van der Waals surface area contributed by atoms with Crippen LogP contribution in [0.3, 0.4) is 0 Å². The molecule has 1 aliphatic rings. The van der Waals surface area contributed by atoms with Crippen LogP contribution in [0.2, 0.25) is 0 Å². The van der Waals surface area contributed by atoms with E-state index in [-0.39, 0.29) is 0 Å². The minimum atomic E-state index is 0.346. The lowest BCUT2D eigenvalue weighted by Crippen LogP contribution is -2.61. The first-order valence-corrected chi connectivity index (χ1v) is 5.58. The smallest absolute Gasteiger partial charge is 0.0278 e. The van der Waals surface area contributed by atoms with Gasteiger partial charge in [0, 0.05) is 24.7 Å². The summed E-state index contributed by atoms with van der Waals surface area (Å²) in [5.41, 5.74) is 0.346. The molecule has 1 fully saturated rings. The number of nitrogens with one attached hydrogen (secondary N) is 1. The van der Waals surface area contributed by atoms with Crippen molar-refractivity contribution in [2.24, 2.45) is 0 Å². The molecular weight excluding hydrogens is 160 g/mol. The maximum Gasteiger partial charge on any atom is 0.0278 e. The summed E-state index contributed by atoms with van der Waals surface area (Å²) in [4.78, 5) is 2.59. The number of likely N-dealkylation sites (N-methyl/N-ethyl adjacent to an activating group) is 1. The number of hydrogen-bond acceptors (Lipinski definition) is 2. The molecule has 0 spiro atoms. The van der Waals surface area contributed by atoms with E-state index < -0.39 is 0 Å². The Labute approximate surface area is 82.7 Å². The molecule has 0 aliphatic carbocycles. The van der Waals surface area contributed by atoms with Crippen LogP contribution in [-0.4, -0.2) is 36.1 Å². The molecule has 2 nitrogen and oxygen atoms in total. The van der Waals surface area contributed by atoms with Crippen LogP contribution in [0, 0.1) is 0 Å². The van der Waals surface area contributed by atoms with Crippen molar-refractivity contribution >= 4 is 0 Å². The number of hydrogen-bond donors (Lipinski definition) is 1. The number of rotatable bonds is 3. The molecule has 0 saturated carbocycles. The topological polar surface area (TPSA) is 15.3 Å². The Bertz CT molecular complexity index is 154. The lowest BCUT2D eigenvalue weighted by molar-refractivity contribution is 0.0695. The van der Waals surface area contributed by atoms with Gasteiger partial charge in [0.25, 0.3) is 0 Å². The molecule has 1 aliphatic heterocycles. The fourth-order valence-electron chi connectivity index (χ4n) is 2.18. The van der Waals surface area contributed by atoms with Crippen molar-refractivity contribution in [1.82, 2.24) is 10.2 Å². The second-order valence-electron chi connectivity index (χ2n) is 4.72. The van der Waals surface area contributed by atoms with Gasteiger partial charge >= 0.3 is 0 Å². The van der Waals surface area contributed by atoms with Crippen LogP contribution in [-0.2, 0) is 0 Å². The predicted molar refractivity (Wildman–Crippen MR) is 58.0 cm³/mol. The van der Waals surface area contributed by atoms with Crippen molar-refractivity contribution in [3.63, 3.8) is 0 Å². The third-order valence-corrected chi connectivity index (χ3v) is 3.14. The summed E-state index contributed by atoms with van der Waals surface area (Å²) in [6.45, 7) is 12.7. The first-order valence-electron chi connectivity index (χ1n) is 5.58. The maximum atomic E-state index is 3.63. The van der Waals surface area contributed by atoms with Gasteiger partial charge in [-0.1, -0.05) is 20.3 Å². The molecule has 0 bridgehead atoms. The van der Waals surface area contributed by atoms with E-state index in [4.69, 9.17) is 0 Å².